The lowest BCUT2D eigenvalue weighted by molar-refractivity contribution is -0.138. The second-order valence-corrected chi connectivity index (χ2v) is 7.66. The van der Waals surface area contributed by atoms with E-state index < -0.39 is 30.2 Å². The highest BCUT2D eigenvalue weighted by Crippen LogP contribution is 2.12. The molecule has 0 saturated heterocycles. The summed E-state index contributed by atoms with van der Waals surface area (Å²) in [6.45, 7) is 6.53. The van der Waals surface area contributed by atoms with Gasteiger partial charge in [0.15, 0.2) is 0 Å². The predicted molar refractivity (Wildman–Crippen MR) is 131 cm³/mol. The Bertz CT molecular complexity index is 630. The summed E-state index contributed by atoms with van der Waals surface area (Å²) in [5, 5.41) is 4.92. The third-order valence-electron chi connectivity index (χ3n) is 4.42. The van der Waals surface area contributed by atoms with E-state index in [1.54, 1.807) is 0 Å². The molecule has 194 valence electrons. The van der Waals surface area contributed by atoms with Crippen molar-refractivity contribution >= 4 is 36.8 Å². The molecule has 34 heavy (non-hydrogen) atoms. The van der Waals surface area contributed by atoms with Crippen LogP contribution in [0.25, 0.3) is 0 Å². The van der Waals surface area contributed by atoms with Crippen LogP contribution in [0.4, 0.5) is 9.59 Å². The number of thiol groups is 1. The van der Waals surface area contributed by atoms with Gasteiger partial charge >= 0.3 is 24.1 Å². The molecule has 2 N–H and O–H groups in total. The average Bonchev–Trinajstić information content (AvgIpc) is 2.83. The summed E-state index contributed by atoms with van der Waals surface area (Å²) in [4.78, 5) is 45.8. The molecule has 0 fully saturated rings. The smallest absolute Gasteiger partial charge is 0.407 e. The molecule has 0 radical (unpaired) electrons. The molecule has 0 aliphatic rings. The number of nitrogens with one attached hydrogen (secondary N) is 2. The molecule has 0 aromatic heterocycles. The van der Waals surface area contributed by atoms with Crippen molar-refractivity contribution in [2.75, 3.05) is 38.7 Å². The van der Waals surface area contributed by atoms with E-state index in [0.717, 1.165) is 50.0 Å². The first-order chi connectivity index (χ1) is 16.4. The second kappa shape index (κ2) is 22.1. The lowest BCUT2D eigenvalue weighted by Crippen LogP contribution is -2.35. The molecular weight excluding hydrogens is 464 g/mol. The number of alkyl carbamates (subject to hydrolysis) is 2. The first kappa shape index (κ1) is 31.3. The van der Waals surface area contributed by atoms with Gasteiger partial charge < -0.3 is 29.6 Å². The zero-order valence-corrected chi connectivity index (χ0v) is 20.7. The topological polar surface area (TPSA) is 129 Å². The fraction of sp³-hybridized carbons (Fsp3) is 0.652. The van der Waals surface area contributed by atoms with E-state index in [2.05, 4.69) is 36.4 Å². The minimum absolute atomic E-state index is 0.0207. The Hall–Kier alpha value is -2.69. The number of rotatable bonds is 20. The minimum Gasteiger partial charge on any atom is -0.461 e. The van der Waals surface area contributed by atoms with Crippen LogP contribution in [0, 0.1) is 0 Å². The lowest BCUT2D eigenvalue weighted by Gasteiger charge is -2.18. The van der Waals surface area contributed by atoms with Gasteiger partial charge in [-0.3, -0.25) is 0 Å². The number of carbonyl (C=O) groups is 4. The van der Waals surface area contributed by atoms with Crippen LogP contribution in [0.2, 0.25) is 0 Å². The van der Waals surface area contributed by atoms with E-state index in [-0.39, 0.29) is 32.9 Å². The van der Waals surface area contributed by atoms with Crippen LogP contribution >= 0.6 is 12.6 Å². The number of hydrogen-bond donors (Lipinski definition) is 3. The van der Waals surface area contributed by atoms with Gasteiger partial charge in [-0.25, -0.2) is 19.2 Å². The molecule has 0 aliphatic heterocycles. The highest BCUT2D eigenvalue weighted by molar-refractivity contribution is 7.80. The highest BCUT2D eigenvalue weighted by atomic mass is 32.1. The number of hydrogen-bond acceptors (Lipinski definition) is 9. The lowest BCUT2D eigenvalue weighted by atomic mass is 10.1. The summed E-state index contributed by atoms with van der Waals surface area (Å²) in [5.41, 5.74) is 0. The van der Waals surface area contributed by atoms with Crippen LogP contribution in [-0.2, 0) is 28.5 Å². The summed E-state index contributed by atoms with van der Waals surface area (Å²) in [6.07, 6.45) is 7.99. The highest BCUT2D eigenvalue weighted by Gasteiger charge is 2.17. The van der Waals surface area contributed by atoms with Crippen molar-refractivity contribution in [1.82, 2.24) is 10.6 Å². The number of esters is 2. The summed E-state index contributed by atoms with van der Waals surface area (Å²) in [7, 11) is 0. The number of carbonyl (C=O) groups excluding carboxylic acids is 4. The molecule has 0 aromatic rings. The molecule has 0 rings (SSSR count). The first-order valence-electron chi connectivity index (χ1n) is 11.5. The Morgan fingerprint density at radius 1 is 0.735 bits per heavy atom. The quantitative estimate of drug-likeness (QED) is 0.0760. The fourth-order valence-corrected chi connectivity index (χ4v) is 2.91. The van der Waals surface area contributed by atoms with Gasteiger partial charge in [0.1, 0.15) is 25.9 Å². The van der Waals surface area contributed by atoms with E-state index in [9.17, 15) is 19.2 Å². The molecule has 0 bridgehead atoms. The van der Waals surface area contributed by atoms with Crippen LogP contribution in [0.3, 0.4) is 0 Å². The van der Waals surface area contributed by atoms with Crippen LogP contribution in [-0.4, -0.2) is 68.9 Å². The van der Waals surface area contributed by atoms with Gasteiger partial charge in [0.2, 0.25) is 0 Å². The van der Waals surface area contributed by atoms with Gasteiger partial charge in [-0.05, 0) is 25.0 Å². The van der Waals surface area contributed by atoms with E-state index >= 15 is 0 Å². The van der Waals surface area contributed by atoms with Gasteiger partial charge in [-0.1, -0.05) is 45.3 Å². The zero-order chi connectivity index (χ0) is 25.4. The fourth-order valence-electron chi connectivity index (χ4n) is 2.68. The van der Waals surface area contributed by atoms with Crippen LogP contribution in [0.15, 0.2) is 25.3 Å². The molecule has 1 unspecified atom stereocenters. The van der Waals surface area contributed by atoms with Gasteiger partial charge in [-0.2, -0.15) is 12.6 Å². The molecule has 0 aliphatic carbocycles. The van der Waals surface area contributed by atoms with Crippen molar-refractivity contribution in [2.24, 2.45) is 0 Å². The van der Waals surface area contributed by atoms with Gasteiger partial charge in [-0.15, -0.1) is 0 Å². The van der Waals surface area contributed by atoms with Crippen molar-refractivity contribution in [3.05, 3.63) is 25.3 Å². The van der Waals surface area contributed by atoms with Crippen LogP contribution < -0.4 is 10.6 Å². The molecule has 10 nitrogen and oxygen atoms in total. The molecule has 0 aromatic carbocycles. The molecule has 0 heterocycles. The maximum absolute atomic E-state index is 12.0. The van der Waals surface area contributed by atoms with Crippen molar-refractivity contribution in [3.8, 4) is 0 Å². The van der Waals surface area contributed by atoms with Crippen LogP contribution in [0.1, 0.15) is 51.4 Å². The summed E-state index contributed by atoms with van der Waals surface area (Å²) in [5.74, 6) is -0.265. The Labute approximate surface area is 207 Å². The maximum atomic E-state index is 12.0. The molecule has 2 amide bonds. The predicted octanol–water partition coefficient (Wildman–Crippen LogP) is 3.32. The van der Waals surface area contributed by atoms with E-state index in [1.165, 1.54) is 12.8 Å². The monoisotopic (exact) mass is 502 g/mol. The second-order valence-electron chi connectivity index (χ2n) is 7.21. The Kier molecular flexibility index (Phi) is 20.4. The third kappa shape index (κ3) is 20.0. The molecule has 11 heteroatoms. The van der Waals surface area contributed by atoms with E-state index in [1.807, 2.05) is 0 Å². The largest absolute Gasteiger partial charge is 0.461 e. The Morgan fingerprint density at radius 3 is 1.76 bits per heavy atom. The SMILES string of the molecule is C=CC(=O)OCCNC(=O)OCC(CCCCCCCCCS)OC(=O)NCCOC(=O)C=C. The number of amides is 2. The molecule has 0 spiro atoms. The third-order valence-corrected chi connectivity index (χ3v) is 4.74. The molecular formula is C23H38N2O8S. The van der Waals surface area contributed by atoms with Crippen molar-refractivity contribution in [1.29, 1.82) is 0 Å². The summed E-state index contributed by atoms with van der Waals surface area (Å²) < 4.78 is 20.0. The summed E-state index contributed by atoms with van der Waals surface area (Å²) >= 11 is 4.20. The van der Waals surface area contributed by atoms with E-state index in [4.69, 9.17) is 18.9 Å². The standard InChI is InChI=1S/C23H38N2O8S/c1-3-20(26)30-15-13-24-22(28)32-18-19(12-10-8-6-5-7-9-11-17-34)33-23(29)25-14-16-31-21(27)4-2/h3-4,19,34H,1-2,5-18H2,(H,24,28)(H,25,29). The zero-order valence-electron chi connectivity index (χ0n) is 19.8. The van der Waals surface area contributed by atoms with E-state index in [0.29, 0.717) is 6.42 Å². The number of ether oxygens (including phenoxy) is 4. The van der Waals surface area contributed by atoms with Gasteiger partial charge in [0.05, 0.1) is 13.1 Å². The van der Waals surface area contributed by atoms with Crippen molar-refractivity contribution < 1.29 is 38.1 Å². The van der Waals surface area contributed by atoms with Crippen LogP contribution in [0.5, 0.6) is 0 Å². The average molecular weight is 503 g/mol. The Morgan fingerprint density at radius 2 is 1.24 bits per heavy atom. The number of unbranched alkanes of at least 4 members (excludes halogenated alkanes) is 6. The summed E-state index contributed by atoms with van der Waals surface area (Å²) in [6, 6.07) is 0. The van der Waals surface area contributed by atoms with Crippen molar-refractivity contribution in [2.45, 2.75) is 57.5 Å². The molecule has 0 saturated carbocycles. The minimum atomic E-state index is -0.718. The first-order valence-corrected chi connectivity index (χ1v) is 12.1. The normalized spacial score (nSPS) is 11.0. The molecule has 1 atom stereocenters. The maximum Gasteiger partial charge on any atom is 0.407 e. The van der Waals surface area contributed by atoms with Gasteiger partial charge in [0, 0.05) is 12.2 Å². The Balaban J connectivity index is 4.34. The van der Waals surface area contributed by atoms with Crippen molar-refractivity contribution in [3.63, 3.8) is 0 Å². The van der Waals surface area contributed by atoms with Gasteiger partial charge in [0.25, 0.3) is 0 Å².